The number of ether oxygens (including phenoxy) is 2. The molecule has 1 heterocycles. The van der Waals surface area contributed by atoms with E-state index in [-0.39, 0.29) is 19.2 Å². The number of piperazine rings is 1. The van der Waals surface area contributed by atoms with Crippen molar-refractivity contribution in [3.05, 3.63) is 12.2 Å². The predicted molar refractivity (Wildman–Crippen MR) is 79.0 cm³/mol. The molecule has 0 aromatic rings. The lowest BCUT2D eigenvalue weighted by Gasteiger charge is -2.37. The number of alkyl carbamates (subject to hydrolysis) is 1. The predicted octanol–water partition coefficient (Wildman–Crippen LogP) is 0.0777. The molecule has 7 heteroatoms. The minimum Gasteiger partial charge on any atom is -0.460 e. The van der Waals surface area contributed by atoms with Crippen LogP contribution in [0.25, 0.3) is 0 Å². The van der Waals surface area contributed by atoms with Gasteiger partial charge in [-0.25, -0.2) is 9.59 Å². The molecule has 0 radical (unpaired) electrons. The Kier molecular flexibility index (Phi) is 7.18. The van der Waals surface area contributed by atoms with Crippen molar-refractivity contribution < 1.29 is 19.1 Å². The smallest absolute Gasteiger partial charge is 0.407 e. The highest BCUT2D eigenvalue weighted by Gasteiger charge is 2.23. The summed E-state index contributed by atoms with van der Waals surface area (Å²) in [5.41, 5.74) is 0.335. The molecular formula is C14H25N3O4. The first kappa shape index (κ1) is 17.5. The normalized spacial score (nSPS) is 19.9. The number of hydrogen-bond donors (Lipinski definition) is 1. The maximum atomic E-state index is 11.5. The average molecular weight is 299 g/mol. The van der Waals surface area contributed by atoms with Crippen LogP contribution < -0.4 is 5.32 Å². The molecule has 21 heavy (non-hydrogen) atoms. The number of nitrogens with zero attached hydrogens (tertiary/aromatic N) is 2. The van der Waals surface area contributed by atoms with Crippen molar-refractivity contribution in [2.75, 3.05) is 53.5 Å². The minimum absolute atomic E-state index is 0.104. The highest BCUT2D eigenvalue weighted by molar-refractivity contribution is 5.86. The van der Waals surface area contributed by atoms with Gasteiger partial charge in [0.2, 0.25) is 0 Å². The average Bonchev–Trinajstić information content (AvgIpc) is 2.44. The van der Waals surface area contributed by atoms with E-state index in [1.807, 2.05) is 7.05 Å². The van der Waals surface area contributed by atoms with Crippen molar-refractivity contribution in [1.82, 2.24) is 15.1 Å². The van der Waals surface area contributed by atoms with Gasteiger partial charge in [0.1, 0.15) is 13.2 Å². The Morgan fingerprint density at radius 3 is 2.67 bits per heavy atom. The summed E-state index contributed by atoms with van der Waals surface area (Å²) < 4.78 is 10.0. The van der Waals surface area contributed by atoms with Gasteiger partial charge in [0.05, 0.1) is 12.6 Å². The molecule has 1 saturated heterocycles. The zero-order chi connectivity index (χ0) is 15.8. The van der Waals surface area contributed by atoms with Crippen LogP contribution in [0.4, 0.5) is 4.79 Å². The SMILES string of the molecule is C=C(C)C(=O)OCCNC(=O)OCC1CN(C)CCN1C. The summed E-state index contributed by atoms with van der Waals surface area (Å²) in [7, 11) is 4.08. The van der Waals surface area contributed by atoms with Crippen LogP contribution in [0.5, 0.6) is 0 Å². The van der Waals surface area contributed by atoms with Gasteiger partial charge in [-0.3, -0.25) is 4.90 Å². The lowest BCUT2D eigenvalue weighted by molar-refractivity contribution is -0.138. The Hall–Kier alpha value is -1.60. The summed E-state index contributed by atoms with van der Waals surface area (Å²) in [5.74, 6) is -0.461. The van der Waals surface area contributed by atoms with E-state index in [1.165, 1.54) is 0 Å². The zero-order valence-corrected chi connectivity index (χ0v) is 13.1. The molecule has 0 spiro atoms. The van der Waals surface area contributed by atoms with E-state index in [4.69, 9.17) is 9.47 Å². The second-order valence-corrected chi connectivity index (χ2v) is 5.34. The quantitative estimate of drug-likeness (QED) is 0.425. The fraction of sp³-hybridized carbons (Fsp3) is 0.714. The van der Waals surface area contributed by atoms with Gasteiger partial charge in [0, 0.05) is 25.2 Å². The third kappa shape index (κ3) is 6.59. The molecule has 0 aliphatic carbocycles. The number of amides is 1. The van der Waals surface area contributed by atoms with E-state index < -0.39 is 12.1 Å². The molecule has 1 aliphatic rings. The standard InChI is InChI=1S/C14H25N3O4/c1-11(2)13(18)20-8-5-15-14(19)21-10-12-9-16(3)6-7-17(12)4/h12H,1,5-10H2,2-4H3,(H,15,19). The second kappa shape index (κ2) is 8.63. The minimum atomic E-state index is -0.497. The third-order valence-electron chi connectivity index (χ3n) is 3.34. The Bertz CT molecular complexity index is 386. The monoisotopic (exact) mass is 299 g/mol. The van der Waals surface area contributed by atoms with Gasteiger partial charge in [-0.1, -0.05) is 6.58 Å². The summed E-state index contributed by atoms with van der Waals surface area (Å²) in [4.78, 5) is 27.0. The lowest BCUT2D eigenvalue weighted by atomic mass is 10.2. The van der Waals surface area contributed by atoms with E-state index in [9.17, 15) is 9.59 Å². The van der Waals surface area contributed by atoms with E-state index in [2.05, 4.69) is 28.7 Å². The highest BCUT2D eigenvalue weighted by atomic mass is 16.6. The molecule has 1 fully saturated rings. The summed E-state index contributed by atoms with van der Waals surface area (Å²) in [5, 5.41) is 2.54. The van der Waals surface area contributed by atoms with Crippen molar-refractivity contribution in [3.63, 3.8) is 0 Å². The molecule has 0 saturated carbocycles. The Labute approximate surface area is 125 Å². The fourth-order valence-corrected chi connectivity index (χ4v) is 1.92. The lowest BCUT2D eigenvalue weighted by Crippen LogP contribution is -2.52. The number of likely N-dealkylation sites (N-methyl/N-ethyl adjacent to an activating group) is 2. The molecule has 1 atom stereocenters. The van der Waals surface area contributed by atoms with E-state index in [0.29, 0.717) is 12.2 Å². The van der Waals surface area contributed by atoms with Crippen LogP contribution in [0.15, 0.2) is 12.2 Å². The third-order valence-corrected chi connectivity index (χ3v) is 3.34. The summed E-state index contributed by atoms with van der Waals surface area (Å²) in [6.07, 6.45) is -0.497. The van der Waals surface area contributed by atoms with Crippen LogP contribution >= 0.6 is 0 Å². The van der Waals surface area contributed by atoms with Gasteiger partial charge in [-0.05, 0) is 21.0 Å². The Morgan fingerprint density at radius 2 is 2.00 bits per heavy atom. The number of carbonyl (C=O) groups is 2. The van der Waals surface area contributed by atoms with Gasteiger partial charge >= 0.3 is 12.1 Å². The first-order valence-corrected chi connectivity index (χ1v) is 7.02. The van der Waals surface area contributed by atoms with Crippen molar-refractivity contribution in [2.45, 2.75) is 13.0 Å². The van der Waals surface area contributed by atoms with Crippen LogP contribution in [0.1, 0.15) is 6.92 Å². The molecule has 120 valence electrons. The number of esters is 1. The van der Waals surface area contributed by atoms with Gasteiger partial charge in [0.15, 0.2) is 0 Å². The fourth-order valence-electron chi connectivity index (χ4n) is 1.92. The number of nitrogens with one attached hydrogen (secondary N) is 1. The van der Waals surface area contributed by atoms with Gasteiger partial charge in [-0.15, -0.1) is 0 Å². The van der Waals surface area contributed by atoms with Crippen molar-refractivity contribution in [2.24, 2.45) is 0 Å². The van der Waals surface area contributed by atoms with Gasteiger partial charge in [-0.2, -0.15) is 0 Å². The summed E-state index contributed by atoms with van der Waals surface area (Å²) >= 11 is 0. The van der Waals surface area contributed by atoms with Crippen LogP contribution in [0, 0.1) is 0 Å². The molecule has 1 unspecified atom stereocenters. The maximum Gasteiger partial charge on any atom is 0.407 e. The van der Waals surface area contributed by atoms with Gasteiger partial charge in [0.25, 0.3) is 0 Å². The van der Waals surface area contributed by atoms with E-state index >= 15 is 0 Å². The number of carbonyl (C=O) groups excluding carboxylic acids is 2. The van der Waals surface area contributed by atoms with Crippen LogP contribution in [0.3, 0.4) is 0 Å². The molecule has 1 N–H and O–H groups in total. The van der Waals surface area contributed by atoms with Crippen LogP contribution in [-0.4, -0.2) is 81.4 Å². The van der Waals surface area contributed by atoms with Crippen LogP contribution in [-0.2, 0) is 14.3 Å². The molecule has 1 aliphatic heterocycles. The first-order chi connectivity index (χ1) is 9.90. The molecule has 1 amide bonds. The molecule has 7 nitrogen and oxygen atoms in total. The number of hydrogen-bond acceptors (Lipinski definition) is 6. The van der Waals surface area contributed by atoms with E-state index in [0.717, 1.165) is 19.6 Å². The number of rotatable bonds is 6. The molecular weight excluding hydrogens is 274 g/mol. The highest BCUT2D eigenvalue weighted by Crippen LogP contribution is 2.06. The topological polar surface area (TPSA) is 71.1 Å². The first-order valence-electron chi connectivity index (χ1n) is 7.02. The Balaban J connectivity index is 2.13. The zero-order valence-electron chi connectivity index (χ0n) is 13.1. The maximum absolute atomic E-state index is 11.5. The summed E-state index contributed by atoms with van der Waals surface area (Å²) in [6.45, 7) is 8.57. The van der Waals surface area contributed by atoms with Crippen LogP contribution in [0.2, 0.25) is 0 Å². The molecule has 0 bridgehead atoms. The molecule has 0 aromatic carbocycles. The van der Waals surface area contributed by atoms with Crippen molar-refractivity contribution in [1.29, 1.82) is 0 Å². The van der Waals surface area contributed by atoms with Crippen molar-refractivity contribution in [3.8, 4) is 0 Å². The van der Waals surface area contributed by atoms with E-state index in [1.54, 1.807) is 6.92 Å². The summed E-state index contributed by atoms with van der Waals surface area (Å²) in [6, 6.07) is 0.204. The molecule has 1 rings (SSSR count). The molecule has 0 aromatic heterocycles. The Morgan fingerprint density at radius 1 is 1.29 bits per heavy atom. The van der Waals surface area contributed by atoms with Crippen molar-refractivity contribution >= 4 is 12.1 Å². The second-order valence-electron chi connectivity index (χ2n) is 5.34. The van der Waals surface area contributed by atoms with Gasteiger partial charge < -0.3 is 19.7 Å². The largest absolute Gasteiger partial charge is 0.460 e.